The van der Waals surface area contributed by atoms with E-state index in [4.69, 9.17) is 0 Å². The minimum absolute atomic E-state index is 0.0435. The predicted molar refractivity (Wildman–Crippen MR) is 68.2 cm³/mol. The van der Waals surface area contributed by atoms with E-state index in [2.05, 4.69) is 20.9 Å². The number of nitrogens with zero attached hydrogens (tertiary/aromatic N) is 1. The molecule has 0 aromatic carbocycles. The van der Waals surface area contributed by atoms with Gasteiger partial charge in [0, 0.05) is 13.1 Å². The normalized spacial score (nSPS) is 27.2. The van der Waals surface area contributed by atoms with Gasteiger partial charge in [-0.25, -0.2) is 0 Å². The highest BCUT2D eigenvalue weighted by molar-refractivity contribution is 5.89. The molecule has 0 aromatic rings. The lowest BCUT2D eigenvalue weighted by Gasteiger charge is -2.34. The van der Waals surface area contributed by atoms with Crippen molar-refractivity contribution >= 4 is 17.7 Å². The highest BCUT2D eigenvalue weighted by Crippen LogP contribution is 2.16. The van der Waals surface area contributed by atoms with Crippen molar-refractivity contribution in [2.75, 3.05) is 32.7 Å². The maximum atomic E-state index is 12.1. The minimum atomic E-state index is -0.341. The van der Waals surface area contributed by atoms with Crippen LogP contribution in [0.3, 0.4) is 0 Å². The van der Waals surface area contributed by atoms with Crippen LogP contribution >= 0.6 is 0 Å². The molecule has 0 aliphatic carbocycles. The van der Waals surface area contributed by atoms with Gasteiger partial charge in [0.25, 0.3) is 0 Å². The maximum Gasteiger partial charge on any atom is 0.239 e. The van der Waals surface area contributed by atoms with E-state index in [0.717, 1.165) is 25.8 Å². The molecule has 2 aliphatic rings. The van der Waals surface area contributed by atoms with E-state index >= 15 is 0 Å². The standard InChI is InChI=1S/C12H20N4O3/c17-10-7-14-11(18)8-15-12(19)9-3-1-2-5-16(9)6-4-13-10/h9H,1-8H2,(H,13,17)(H,14,18)(H,15,19). The molecule has 106 valence electrons. The molecule has 2 heterocycles. The molecular weight excluding hydrogens is 248 g/mol. The van der Waals surface area contributed by atoms with Crippen molar-refractivity contribution in [2.24, 2.45) is 0 Å². The zero-order valence-electron chi connectivity index (χ0n) is 10.9. The van der Waals surface area contributed by atoms with Crippen LogP contribution in [0, 0.1) is 0 Å². The summed E-state index contributed by atoms with van der Waals surface area (Å²) in [5, 5.41) is 7.85. The summed E-state index contributed by atoms with van der Waals surface area (Å²) in [7, 11) is 0. The number of nitrogens with one attached hydrogen (secondary N) is 3. The Morgan fingerprint density at radius 3 is 2.47 bits per heavy atom. The van der Waals surface area contributed by atoms with E-state index in [1.165, 1.54) is 0 Å². The predicted octanol–water partition coefficient (Wildman–Crippen LogP) is -1.80. The lowest BCUT2D eigenvalue weighted by Crippen LogP contribution is -2.54. The molecule has 2 fully saturated rings. The number of carbonyl (C=O) groups is 3. The van der Waals surface area contributed by atoms with Crippen LogP contribution in [-0.4, -0.2) is 61.4 Å². The van der Waals surface area contributed by atoms with Gasteiger partial charge in [-0.15, -0.1) is 0 Å². The minimum Gasteiger partial charge on any atom is -0.353 e. The van der Waals surface area contributed by atoms with E-state index in [-0.39, 0.29) is 36.9 Å². The molecule has 0 bridgehead atoms. The molecule has 2 rings (SSSR count). The van der Waals surface area contributed by atoms with Gasteiger partial charge in [0.1, 0.15) is 0 Å². The molecule has 0 radical (unpaired) electrons. The quantitative estimate of drug-likeness (QED) is 0.483. The third-order valence-corrected chi connectivity index (χ3v) is 3.51. The molecule has 2 saturated heterocycles. The van der Waals surface area contributed by atoms with Gasteiger partial charge in [0.05, 0.1) is 19.1 Å². The molecule has 3 amide bonds. The Bertz CT molecular complexity index is 372. The summed E-state index contributed by atoms with van der Waals surface area (Å²) in [5.74, 6) is -0.637. The zero-order chi connectivity index (χ0) is 13.7. The fourth-order valence-electron chi connectivity index (χ4n) is 2.48. The second kappa shape index (κ2) is 6.51. The van der Waals surface area contributed by atoms with Gasteiger partial charge >= 0.3 is 0 Å². The first kappa shape index (κ1) is 13.8. The highest BCUT2D eigenvalue weighted by atomic mass is 16.2. The van der Waals surface area contributed by atoms with E-state index in [1.807, 2.05) is 0 Å². The Hall–Kier alpha value is -1.63. The summed E-state index contributed by atoms with van der Waals surface area (Å²) >= 11 is 0. The van der Waals surface area contributed by atoms with E-state index in [1.54, 1.807) is 0 Å². The molecule has 1 unspecified atom stereocenters. The van der Waals surface area contributed by atoms with Gasteiger partial charge < -0.3 is 16.0 Å². The smallest absolute Gasteiger partial charge is 0.239 e. The van der Waals surface area contributed by atoms with E-state index in [0.29, 0.717) is 13.1 Å². The molecule has 2 aliphatic heterocycles. The highest BCUT2D eigenvalue weighted by Gasteiger charge is 2.28. The first-order chi connectivity index (χ1) is 9.16. The molecule has 0 spiro atoms. The van der Waals surface area contributed by atoms with Crippen molar-refractivity contribution in [1.29, 1.82) is 0 Å². The number of carbonyl (C=O) groups excluding carboxylic acids is 3. The fraction of sp³-hybridized carbons (Fsp3) is 0.750. The largest absolute Gasteiger partial charge is 0.353 e. The fourth-order valence-corrected chi connectivity index (χ4v) is 2.48. The van der Waals surface area contributed by atoms with Crippen LogP contribution in [0.15, 0.2) is 0 Å². The average molecular weight is 268 g/mol. The molecule has 19 heavy (non-hydrogen) atoms. The summed E-state index contributed by atoms with van der Waals surface area (Å²) in [6.45, 7) is 1.91. The summed E-state index contributed by atoms with van der Waals surface area (Å²) in [6, 6.07) is -0.183. The van der Waals surface area contributed by atoms with Crippen LogP contribution in [0.5, 0.6) is 0 Å². The topological polar surface area (TPSA) is 90.5 Å². The van der Waals surface area contributed by atoms with Crippen LogP contribution in [0.25, 0.3) is 0 Å². The van der Waals surface area contributed by atoms with Crippen molar-refractivity contribution in [2.45, 2.75) is 25.3 Å². The number of piperidine rings is 1. The second-order valence-electron chi connectivity index (χ2n) is 4.89. The van der Waals surface area contributed by atoms with Gasteiger partial charge in [-0.1, -0.05) is 6.42 Å². The first-order valence-corrected chi connectivity index (χ1v) is 6.72. The number of hydrogen-bond donors (Lipinski definition) is 3. The Labute approximate surface area is 112 Å². The number of fused-ring (bicyclic) bond motifs is 1. The Balaban J connectivity index is 2.01. The Morgan fingerprint density at radius 1 is 0.895 bits per heavy atom. The monoisotopic (exact) mass is 268 g/mol. The zero-order valence-corrected chi connectivity index (χ0v) is 10.9. The van der Waals surface area contributed by atoms with Crippen molar-refractivity contribution in [1.82, 2.24) is 20.9 Å². The molecule has 1 atom stereocenters. The summed E-state index contributed by atoms with van der Waals surface area (Å²) in [4.78, 5) is 37.0. The molecule has 0 saturated carbocycles. The van der Waals surface area contributed by atoms with Crippen molar-refractivity contribution in [3.05, 3.63) is 0 Å². The molecule has 7 nitrogen and oxygen atoms in total. The van der Waals surface area contributed by atoms with E-state index < -0.39 is 0 Å². The van der Waals surface area contributed by atoms with Gasteiger partial charge in [0.15, 0.2) is 0 Å². The third-order valence-electron chi connectivity index (χ3n) is 3.51. The summed E-state index contributed by atoms with van der Waals surface area (Å²) in [5.41, 5.74) is 0. The number of rotatable bonds is 0. The maximum absolute atomic E-state index is 12.1. The van der Waals surface area contributed by atoms with E-state index in [9.17, 15) is 14.4 Å². The summed E-state index contributed by atoms with van der Waals surface area (Å²) in [6.07, 6.45) is 2.90. The van der Waals surface area contributed by atoms with Crippen molar-refractivity contribution < 1.29 is 14.4 Å². The molecule has 0 aromatic heterocycles. The van der Waals surface area contributed by atoms with Gasteiger partial charge in [0.2, 0.25) is 17.7 Å². The molecular formula is C12H20N4O3. The SMILES string of the molecule is O=C1CNC(=O)CNC(=O)C2CCCCN2CCN1. The lowest BCUT2D eigenvalue weighted by molar-refractivity contribution is -0.131. The summed E-state index contributed by atoms with van der Waals surface area (Å²) < 4.78 is 0. The van der Waals surface area contributed by atoms with Gasteiger partial charge in [-0.2, -0.15) is 0 Å². The van der Waals surface area contributed by atoms with Crippen molar-refractivity contribution in [3.63, 3.8) is 0 Å². The van der Waals surface area contributed by atoms with Crippen molar-refractivity contribution in [3.8, 4) is 0 Å². The Kier molecular flexibility index (Phi) is 4.73. The second-order valence-corrected chi connectivity index (χ2v) is 4.89. The van der Waals surface area contributed by atoms with Crippen LogP contribution in [-0.2, 0) is 14.4 Å². The van der Waals surface area contributed by atoms with Gasteiger partial charge in [-0.3, -0.25) is 19.3 Å². The lowest BCUT2D eigenvalue weighted by atomic mass is 10.0. The molecule has 3 N–H and O–H groups in total. The number of amides is 3. The first-order valence-electron chi connectivity index (χ1n) is 6.72. The number of hydrogen-bond acceptors (Lipinski definition) is 4. The van der Waals surface area contributed by atoms with Crippen LogP contribution in [0.4, 0.5) is 0 Å². The third kappa shape index (κ3) is 3.92. The van der Waals surface area contributed by atoms with Crippen LogP contribution < -0.4 is 16.0 Å². The molecule has 7 heteroatoms. The van der Waals surface area contributed by atoms with Gasteiger partial charge in [-0.05, 0) is 19.4 Å². The Morgan fingerprint density at radius 2 is 1.63 bits per heavy atom. The van der Waals surface area contributed by atoms with Crippen LogP contribution in [0.2, 0.25) is 0 Å². The van der Waals surface area contributed by atoms with Crippen LogP contribution in [0.1, 0.15) is 19.3 Å². The average Bonchev–Trinajstić information content (AvgIpc) is 2.42.